The number of fused-ring (bicyclic) bond motifs is 1. The minimum Gasteiger partial charge on any atom is -0.477 e. The summed E-state index contributed by atoms with van der Waals surface area (Å²) in [5.74, 6) is -1.16. The number of aryl methyl sites for hydroxylation is 1. The third kappa shape index (κ3) is 4.36. The van der Waals surface area contributed by atoms with Crippen molar-refractivity contribution in [1.82, 2.24) is 4.98 Å². The summed E-state index contributed by atoms with van der Waals surface area (Å²) in [4.78, 5) is 30.9. The number of hydrogen-bond acceptors (Lipinski definition) is 3. The summed E-state index contributed by atoms with van der Waals surface area (Å²) >= 11 is 2.16. The molecule has 0 atom stereocenters. The van der Waals surface area contributed by atoms with E-state index in [9.17, 15) is 14.7 Å². The number of hydrogen-bond donors (Lipinski definition) is 2. The Morgan fingerprint density at radius 2 is 1.52 bits per heavy atom. The van der Waals surface area contributed by atoms with Crippen molar-refractivity contribution in [3.8, 4) is 0 Å². The average molecular weight is 523 g/mol. The van der Waals surface area contributed by atoms with Gasteiger partial charge in [-0.25, -0.2) is 14.6 Å². The van der Waals surface area contributed by atoms with E-state index in [1.807, 2.05) is 73.7 Å². The van der Waals surface area contributed by atoms with Gasteiger partial charge in [0.1, 0.15) is 0 Å². The van der Waals surface area contributed by atoms with Gasteiger partial charge in [-0.3, -0.25) is 4.90 Å². The first-order chi connectivity index (χ1) is 14.9. The molecule has 0 spiro atoms. The van der Waals surface area contributed by atoms with Crippen LogP contribution in [0.3, 0.4) is 0 Å². The number of carbonyl (C=O) groups is 2. The molecule has 0 unspecified atom stereocenters. The largest absolute Gasteiger partial charge is 0.477 e. The lowest BCUT2D eigenvalue weighted by Gasteiger charge is -2.24. The van der Waals surface area contributed by atoms with Crippen molar-refractivity contribution in [2.45, 2.75) is 6.92 Å². The lowest BCUT2D eigenvalue weighted by Crippen LogP contribution is -2.31. The Balaban J connectivity index is 1.83. The third-order valence-corrected chi connectivity index (χ3v) is 5.39. The highest BCUT2D eigenvalue weighted by atomic mass is 127. The van der Waals surface area contributed by atoms with Gasteiger partial charge >= 0.3 is 12.0 Å². The molecule has 0 radical (unpaired) electrons. The maximum atomic E-state index is 13.5. The number of anilines is 3. The van der Waals surface area contributed by atoms with Crippen LogP contribution in [-0.2, 0) is 0 Å². The molecule has 0 aliphatic heterocycles. The Labute approximate surface area is 192 Å². The molecule has 0 aliphatic carbocycles. The van der Waals surface area contributed by atoms with E-state index in [2.05, 4.69) is 32.9 Å². The minimum absolute atomic E-state index is 0.129. The number of urea groups is 1. The summed E-state index contributed by atoms with van der Waals surface area (Å²) in [6.45, 7) is 1.91. The zero-order valence-electron chi connectivity index (χ0n) is 16.5. The number of aromatic carboxylic acids is 1. The summed E-state index contributed by atoms with van der Waals surface area (Å²) in [6, 6.07) is 23.3. The molecule has 31 heavy (non-hydrogen) atoms. The number of benzene rings is 3. The summed E-state index contributed by atoms with van der Waals surface area (Å²) < 4.78 is 0.935. The zero-order valence-corrected chi connectivity index (χ0v) is 18.7. The second-order valence-corrected chi connectivity index (χ2v) is 8.16. The number of amides is 2. The van der Waals surface area contributed by atoms with E-state index >= 15 is 0 Å². The fourth-order valence-corrected chi connectivity index (χ4v) is 4.21. The fraction of sp³-hybridized carbons (Fsp3) is 0.0417. The van der Waals surface area contributed by atoms with Crippen molar-refractivity contribution in [1.29, 1.82) is 0 Å². The SMILES string of the molecule is Cc1cc(I)cc2nc(C(=O)O)cc(NC(=O)N(c3ccccc3)c3ccccc3)c12. The molecule has 1 aromatic heterocycles. The van der Waals surface area contributed by atoms with Gasteiger partial charge in [-0.2, -0.15) is 0 Å². The number of carboxylic acid groups (broad SMARTS) is 1. The van der Waals surface area contributed by atoms with Crippen LogP contribution in [0.5, 0.6) is 0 Å². The van der Waals surface area contributed by atoms with Crippen molar-refractivity contribution in [2.75, 3.05) is 10.2 Å². The maximum absolute atomic E-state index is 13.5. The second kappa shape index (κ2) is 8.73. The molecule has 2 amide bonds. The van der Waals surface area contributed by atoms with E-state index in [1.54, 1.807) is 11.0 Å². The number of carboxylic acids is 1. The van der Waals surface area contributed by atoms with Crippen molar-refractivity contribution in [2.24, 2.45) is 0 Å². The lowest BCUT2D eigenvalue weighted by atomic mass is 10.1. The monoisotopic (exact) mass is 523 g/mol. The van der Waals surface area contributed by atoms with E-state index in [-0.39, 0.29) is 5.69 Å². The van der Waals surface area contributed by atoms with E-state index in [0.29, 0.717) is 28.0 Å². The van der Waals surface area contributed by atoms with Crippen LogP contribution in [0.2, 0.25) is 0 Å². The molecule has 154 valence electrons. The fourth-order valence-electron chi connectivity index (χ4n) is 3.45. The Morgan fingerprint density at radius 1 is 0.935 bits per heavy atom. The number of aromatic nitrogens is 1. The highest BCUT2D eigenvalue weighted by Gasteiger charge is 2.21. The molecule has 3 aromatic carbocycles. The van der Waals surface area contributed by atoms with Crippen molar-refractivity contribution < 1.29 is 14.7 Å². The Kier molecular flexibility index (Phi) is 5.85. The van der Waals surface area contributed by atoms with Crippen molar-refractivity contribution in [3.05, 3.63) is 93.7 Å². The maximum Gasteiger partial charge on any atom is 0.354 e. The van der Waals surface area contributed by atoms with Gasteiger partial charge in [0.15, 0.2) is 5.69 Å². The molecule has 6 nitrogen and oxygen atoms in total. The zero-order chi connectivity index (χ0) is 22.0. The molecule has 2 N–H and O–H groups in total. The van der Waals surface area contributed by atoms with Crippen LogP contribution in [-0.4, -0.2) is 22.1 Å². The quantitative estimate of drug-likeness (QED) is 0.312. The second-order valence-electron chi connectivity index (χ2n) is 6.91. The van der Waals surface area contributed by atoms with E-state index in [0.717, 1.165) is 9.13 Å². The van der Waals surface area contributed by atoms with Crippen LogP contribution in [0.4, 0.5) is 21.9 Å². The Morgan fingerprint density at radius 3 is 2.06 bits per heavy atom. The third-order valence-electron chi connectivity index (χ3n) is 4.76. The van der Waals surface area contributed by atoms with Crippen LogP contribution in [0.25, 0.3) is 10.9 Å². The standard InChI is InChI=1S/C24H18IN3O3/c1-15-12-16(25)13-19-22(15)20(14-21(26-19)23(29)30)27-24(31)28(17-8-4-2-5-9-17)18-10-6-3-7-11-18/h2-14H,1H3,(H,29,30)(H,26,27,31). The van der Waals surface area contributed by atoms with Crippen LogP contribution in [0, 0.1) is 10.5 Å². The number of nitrogens with one attached hydrogen (secondary N) is 1. The van der Waals surface area contributed by atoms with Crippen LogP contribution < -0.4 is 10.2 Å². The summed E-state index contributed by atoms with van der Waals surface area (Å²) in [6.07, 6.45) is 0. The Hall–Kier alpha value is -3.46. The lowest BCUT2D eigenvalue weighted by molar-refractivity contribution is 0.0691. The first-order valence-electron chi connectivity index (χ1n) is 9.49. The van der Waals surface area contributed by atoms with Gasteiger partial charge in [-0.05, 0) is 77.5 Å². The predicted octanol–water partition coefficient (Wildman–Crippen LogP) is 6.22. The molecular formula is C24H18IN3O3. The highest BCUT2D eigenvalue weighted by molar-refractivity contribution is 14.1. The first kappa shape index (κ1) is 20.8. The average Bonchev–Trinajstić information content (AvgIpc) is 2.74. The number of carbonyl (C=O) groups excluding carboxylic acids is 1. The van der Waals surface area contributed by atoms with E-state index in [1.165, 1.54) is 6.07 Å². The number of rotatable bonds is 4. The van der Waals surface area contributed by atoms with Gasteiger partial charge in [0.25, 0.3) is 0 Å². The topological polar surface area (TPSA) is 82.5 Å². The van der Waals surface area contributed by atoms with Gasteiger partial charge in [0.2, 0.25) is 0 Å². The summed E-state index contributed by atoms with van der Waals surface area (Å²) in [5.41, 5.74) is 3.06. The van der Waals surface area contributed by atoms with Gasteiger partial charge in [-0.1, -0.05) is 36.4 Å². The minimum atomic E-state index is -1.16. The molecule has 4 rings (SSSR count). The summed E-state index contributed by atoms with van der Waals surface area (Å²) in [5, 5.41) is 13.1. The van der Waals surface area contributed by atoms with E-state index < -0.39 is 12.0 Å². The first-order valence-corrected chi connectivity index (χ1v) is 10.6. The van der Waals surface area contributed by atoms with Crippen LogP contribution >= 0.6 is 22.6 Å². The highest BCUT2D eigenvalue weighted by Crippen LogP contribution is 2.31. The molecule has 0 aliphatic rings. The predicted molar refractivity (Wildman–Crippen MR) is 130 cm³/mol. The van der Waals surface area contributed by atoms with Gasteiger partial charge < -0.3 is 10.4 Å². The van der Waals surface area contributed by atoms with Crippen molar-refractivity contribution >= 4 is 62.6 Å². The Bertz CT molecular complexity index is 1240. The number of para-hydroxylation sites is 2. The van der Waals surface area contributed by atoms with Crippen LogP contribution in [0.15, 0.2) is 78.9 Å². The number of halogens is 1. The molecular weight excluding hydrogens is 505 g/mol. The molecule has 0 saturated heterocycles. The molecule has 7 heteroatoms. The normalized spacial score (nSPS) is 10.6. The molecule has 4 aromatic rings. The molecule has 0 saturated carbocycles. The summed E-state index contributed by atoms with van der Waals surface area (Å²) in [7, 11) is 0. The van der Waals surface area contributed by atoms with Gasteiger partial charge in [0, 0.05) is 8.96 Å². The van der Waals surface area contributed by atoms with Crippen LogP contribution in [0.1, 0.15) is 16.1 Å². The van der Waals surface area contributed by atoms with E-state index in [4.69, 9.17) is 0 Å². The molecule has 0 fully saturated rings. The van der Waals surface area contributed by atoms with Crippen molar-refractivity contribution in [3.63, 3.8) is 0 Å². The molecule has 0 bridgehead atoms. The van der Waals surface area contributed by atoms with Gasteiger partial charge in [0.05, 0.1) is 22.6 Å². The van der Waals surface area contributed by atoms with Gasteiger partial charge in [-0.15, -0.1) is 0 Å². The smallest absolute Gasteiger partial charge is 0.354 e. The molecule has 1 heterocycles. The number of nitrogens with zero attached hydrogens (tertiary/aromatic N) is 2. The number of pyridine rings is 1.